The van der Waals surface area contributed by atoms with Crippen LogP contribution in [0.1, 0.15) is 12.8 Å². The van der Waals surface area contributed by atoms with Crippen LogP contribution in [-0.2, 0) is 20.9 Å². The van der Waals surface area contributed by atoms with E-state index in [1.54, 1.807) is 16.4 Å². The molecule has 1 aliphatic heterocycles. The molecule has 0 aliphatic carbocycles. The molecule has 0 spiro atoms. The molecule has 1 aromatic rings. The summed E-state index contributed by atoms with van der Waals surface area (Å²) < 4.78 is 18.8. The molecule has 1 aromatic carbocycles. The van der Waals surface area contributed by atoms with E-state index in [9.17, 15) is 19.5 Å². The predicted molar refractivity (Wildman–Crippen MR) is 75.8 cm³/mol. The van der Waals surface area contributed by atoms with Crippen LogP contribution in [0.3, 0.4) is 0 Å². The molecule has 21 heavy (non-hydrogen) atoms. The van der Waals surface area contributed by atoms with Gasteiger partial charge < -0.3 is 9.29 Å². The highest BCUT2D eigenvalue weighted by molar-refractivity contribution is 7.89. The molecule has 0 amide bonds. The minimum atomic E-state index is -1.59. The number of hydrogen-bond acceptors (Lipinski definition) is 6. The standard InChI is InChI=1S/C13H16N2O5S/c1-20-13(16)10-6-8-14(9-7-10)21(19)12-5-3-2-4-11(12)15(17)18/h2-5,10H,6-9H2,1H3. The number of nitro groups is 1. The van der Waals surface area contributed by atoms with E-state index < -0.39 is 16.3 Å². The highest BCUT2D eigenvalue weighted by Gasteiger charge is 2.35. The Kier molecular flexibility index (Phi) is 5.16. The van der Waals surface area contributed by atoms with E-state index in [2.05, 4.69) is 0 Å². The van der Waals surface area contributed by atoms with Gasteiger partial charge in [0.15, 0.2) is 0 Å². The van der Waals surface area contributed by atoms with Gasteiger partial charge in [-0.15, -0.1) is 4.31 Å². The van der Waals surface area contributed by atoms with Gasteiger partial charge in [-0.3, -0.25) is 14.9 Å². The summed E-state index contributed by atoms with van der Waals surface area (Å²) in [4.78, 5) is 22.1. The number of benzene rings is 1. The molecule has 2 rings (SSSR count). The summed E-state index contributed by atoms with van der Waals surface area (Å²) in [7, 11) is 1.35. The van der Waals surface area contributed by atoms with Crippen molar-refractivity contribution in [2.24, 2.45) is 5.92 Å². The van der Waals surface area contributed by atoms with Gasteiger partial charge in [-0.1, -0.05) is 12.1 Å². The van der Waals surface area contributed by atoms with Crippen molar-refractivity contribution in [3.63, 3.8) is 0 Å². The molecule has 7 nitrogen and oxygen atoms in total. The minimum Gasteiger partial charge on any atom is -0.593 e. The van der Waals surface area contributed by atoms with Crippen LogP contribution in [0.4, 0.5) is 5.69 Å². The summed E-state index contributed by atoms with van der Waals surface area (Å²) in [6.45, 7) is 0.886. The zero-order valence-electron chi connectivity index (χ0n) is 11.6. The zero-order valence-corrected chi connectivity index (χ0v) is 12.4. The summed E-state index contributed by atoms with van der Waals surface area (Å²) in [5.74, 6) is -0.444. The molecular weight excluding hydrogens is 296 g/mol. The number of methoxy groups -OCH3 is 1. The van der Waals surface area contributed by atoms with Crippen molar-refractivity contribution in [1.82, 2.24) is 4.31 Å². The van der Waals surface area contributed by atoms with E-state index in [0.29, 0.717) is 25.9 Å². The third-order valence-corrected chi connectivity index (χ3v) is 5.03. The first-order chi connectivity index (χ1) is 10.0. The lowest BCUT2D eigenvalue weighted by molar-refractivity contribution is -0.387. The Balaban J connectivity index is 2.07. The van der Waals surface area contributed by atoms with Crippen LogP contribution in [0.25, 0.3) is 0 Å². The number of carbonyl (C=O) groups excluding carboxylic acids is 1. The van der Waals surface area contributed by atoms with Gasteiger partial charge in [-0.2, -0.15) is 0 Å². The van der Waals surface area contributed by atoms with Gasteiger partial charge in [-0.05, 0) is 12.8 Å². The molecule has 1 atom stereocenters. The molecule has 0 bridgehead atoms. The lowest BCUT2D eigenvalue weighted by Crippen LogP contribution is -2.40. The Morgan fingerprint density at radius 1 is 1.38 bits per heavy atom. The van der Waals surface area contributed by atoms with Gasteiger partial charge in [0.05, 0.1) is 29.3 Å². The third-order valence-electron chi connectivity index (χ3n) is 3.47. The molecule has 1 saturated heterocycles. The number of nitrogens with zero attached hydrogens (tertiary/aromatic N) is 2. The molecule has 0 aromatic heterocycles. The molecule has 8 heteroatoms. The van der Waals surface area contributed by atoms with Crippen LogP contribution in [0.2, 0.25) is 0 Å². The molecule has 114 valence electrons. The highest BCUT2D eigenvalue weighted by atomic mass is 32.2. The fourth-order valence-electron chi connectivity index (χ4n) is 2.32. The number of nitro benzene ring substituents is 1. The molecule has 0 radical (unpaired) electrons. The first-order valence-corrected chi connectivity index (χ1v) is 7.63. The maximum absolute atomic E-state index is 12.5. The number of carbonyl (C=O) groups is 1. The number of rotatable bonds is 4. The van der Waals surface area contributed by atoms with E-state index in [4.69, 9.17) is 4.74 Å². The second-order valence-electron chi connectivity index (χ2n) is 4.70. The van der Waals surface area contributed by atoms with Crippen LogP contribution in [0.5, 0.6) is 0 Å². The topological polar surface area (TPSA) is 95.7 Å². The van der Waals surface area contributed by atoms with Crippen LogP contribution in [0.15, 0.2) is 29.2 Å². The summed E-state index contributed by atoms with van der Waals surface area (Å²) in [6, 6.07) is 6.01. The summed E-state index contributed by atoms with van der Waals surface area (Å²) in [6.07, 6.45) is 1.08. The maximum Gasteiger partial charge on any atom is 0.325 e. The van der Waals surface area contributed by atoms with E-state index >= 15 is 0 Å². The Bertz CT molecular complexity index is 531. The van der Waals surface area contributed by atoms with Crippen molar-refractivity contribution >= 4 is 23.0 Å². The van der Waals surface area contributed by atoms with E-state index in [1.807, 2.05) is 0 Å². The van der Waals surface area contributed by atoms with E-state index in [0.717, 1.165) is 0 Å². The van der Waals surface area contributed by atoms with E-state index in [-0.39, 0.29) is 22.5 Å². The first-order valence-electron chi connectivity index (χ1n) is 6.52. The SMILES string of the molecule is COC(=O)C1CCN([S+]([O-])c2ccccc2[N+](=O)[O-])CC1. The minimum absolute atomic E-state index is 0.147. The average molecular weight is 312 g/mol. The Hall–Kier alpha value is -1.64. The second kappa shape index (κ2) is 6.88. The Labute approximate surface area is 125 Å². The molecule has 1 aliphatic rings. The lowest BCUT2D eigenvalue weighted by atomic mass is 9.99. The largest absolute Gasteiger partial charge is 0.593 e. The first kappa shape index (κ1) is 15.7. The molecular formula is C13H16N2O5S. The maximum atomic E-state index is 12.5. The number of esters is 1. The zero-order chi connectivity index (χ0) is 15.4. The molecule has 0 N–H and O–H groups in total. The fraction of sp³-hybridized carbons (Fsp3) is 0.462. The molecule has 1 unspecified atom stereocenters. The van der Waals surface area contributed by atoms with Gasteiger partial charge in [0.2, 0.25) is 0 Å². The fourth-order valence-corrected chi connectivity index (χ4v) is 3.66. The number of para-hydroxylation sites is 1. The Morgan fingerprint density at radius 2 is 2.00 bits per heavy atom. The van der Waals surface area contributed by atoms with Crippen LogP contribution >= 0.6 is 0 Å². The van der Waals surface area contributed by atoms with Gasteiger partial charge in [0.1, 0.15) is 0 Å². The summed E-state index contributed by atoms with van der Waals surface area (Å²) in [5.41, 5.74) is -0.147. The Morgan fingerprint density at radius 3 is 2.57 bits per heavy atom. The monoisotopic (exact) mass is 312 g/mol. The second-order valence-corrected chi connectivity index (χ2v) is 6.15. The third kappa shape index (κ3) is 3.52. The van der Waals surface area contributed by atoms with Crippen molar-refractivity contribution in [3.8, 4) is 0 Å². The number of ether oxygens (including phenoxy) is 1. The van der Waals surface area contributed by atoms with E-state index in [1.165, 1.54) is 19.2 Å². The van der Waals surface area contributed by atoms with Crippen molar-refractivity contribution < 1.29 is 19.0 Å². The highest BCUT2D eigenvalue weighted by Crippen LogP contribution is 2.29. The van der Waals surface area contributed by atoms with Crippen LogP contribution in [0, 0.1) is 16.0 Å². The summed E-state index contributed by atoms with van der Waals surface area (Å²) >= 11 is -1.59. The quantitative estimate of drug-likeness (QED) is 0.362. The molecule has 0 saturated carbocycles. The van der Waals surface area contributed by atoms with Crippen LogP contribution in [-0.4, -0.2) is 39.9 Å². The van der Waals surface area contributed by atoms with Gasteiger partial charge in [0.25, 0.3) is 4.90 Å². The smallest absolute Gasteiger partial charge is 0.325 e. The average Bonchev–Trinajstić information content (AvgIpc) is 2.53. The van der Waals surface area contributed by atoms with Crippen molar-refractivity contribution in [2.45, 2.75) is 17.7 Å². The van der Waals surface area contributed by atoms with Crippen molar-refractivity contribution in [1.29, 1.82) is 0 Å². The van der Waals surface area contributed by atoms with Crippen LogP contribution < -0.4 is 0 Å². The number of piperidine rings is 1. The molecule has 1 heterocycles. The van der Waals surface area contributed by atoms with Crippen molar-refractivity contribution in [2.75, 3.05) is 20.2 Å². The van der Waals surface area contributed by atoms with Crippen molar-refractivity contribution in [3.05, 3.63) is 34.4 Å². The molecule has 1 fully saturated rings. The number of hydrogen-bond donors (Lipinski definition) is 0. The van der Waals surface area contributed by atoms with Gasteiger partial charge >= 0.3 is 11.7 Å². The van der Waals surface area contributed by atoms with Gasteiger partial charge in [-0.25, -0.2) is 0 Å². The summed E-state index contributed by atoms with van der Waals surface area (Å²) in [5, 5.41) is 11.0. The normalized spacial score (nSPS) is 18.2. The van der Waals surface area contributed by atoms with Gasteiger partial charge in [0, 0.05) is 25.2 Å². The predicted octanol–water partition coefficient (Wildman–Crippen LogP) is 1.50. The lowest BCUT2D eigenvalue weighted by Gasteiger charge is -2.30.